The number of fused-ring (bicyclic) bond motifs is 1. The number of nitrogens with one attached hydrogen (secondary N) is 2. The molecule has 9 nitrogen and oxygen atoms in total. The Morgan fingerprint density at radius 2 is 2.08 bits per heavy atom. The number of aliphatic hydroxyl groups excluding tert-OH is 1. The first-order valence-corrected chi connectivity index (χ1v) is 12.4. The average Bonchev–Trinajstić information content (AvgIpc) is 3.17. The molecule has 0 spiro atoms. The number of aromatic nitrogens is 2. The Hall–Kier alpha value is -3.53. The van der Waals surface area contributed by atoms with Gasteiger partial charge in [-0.25, -0.2) is 9.97 Å². The zero-order valence-electron chi connectivity index (χ0n) is 20.6. The minimum Gasteiger partial charge on any atom is -0.394 e. The Balaban J connectivity index is 1.29. The SMILES string of the molecule is Cc1cccc([C@@H](CO)NC(=O)CN2Cc3ccc(-c4nc(NC5(C)COC5)ncc4Cl)cc3C2=O)c1. The fourth-order valence-corrected chi connectivity index (χ4v) is 4.75. The van der Waals surface area contributed by atoms with Crippen molar-refractivity contribution in [1.82, 2.24) is 20.2 Å². The zero-order valence-corrected chi connectivity index (χ0v) is 21.4. The van der Waals surface area contributed by atoms with Crippen LogP contribution < -0.4 is 10.6 Å². The number of rotatable bonds is 8. The van der Waals surface area contributed by atoms with E-state index in [0.29, 0.717) is 47.6 Å². The summed E-state index contributed by atoms with van der Waals surface area (Å²) in [5.41, 5.74) is 4.14. The molecule has 3 N–H and O–H groups in total. The van der Waals surface area contributed by atoms with Gasteiger partial charge < -0.3 is 25.4 Å². The highest BCUT2D eigenvalue weighted by Gasteiger charge is 2.34. The molecule has 0 saturated carbocycles. The topological polar surface area (TPSA) is 117 Å². The molecule has 3 aromatic rings. The van der Waals surface area contributed by atoms with Gasteiger partial charge in [0.25, 0.3) is 5.91 Å². The summed E-state index contributed by atoms with van der Waals surface area (Å²) in [6, 6.07) is 12.5. The lowest BCUT2D eigenvalue weighted by Crippen LogP contribution is -2.53. The summed E-state index contributed by atoms with van der Waals surface area (Å²) in [5, 5.41) is 16.3. The molecule has 192 valence electrons. The van der Waals surface area contributed by atoms with Crippen LogP contribution >= 0.6 is 11.6 Å². The molecule has 2 aliphatic rings. The van der Waals surface area contributed by atoms with Gasteiger partial charge in [-0.3, -0.25) is 9.59 Å². The molecule has 0 radical (unpaired) electrons. The maximum Gasteiger partial charge on any atom is 0.254 e. The van der Waals surface area contributed by atoms with Gasteiger partial charge in [0.2, 0.25) is 11.9 Å². The number of anilines is 1. The summed E-state index contributed by atoms with van der Waals surface area (Å²) in [6.07, 6.45) is 1.53. The van der Waals surface area contributed by atoms with Gasteiger partial charge in [-0.2, -0.15) is 0 Å². The van der Waals surface area contributed by atoms with E-state index in [1.807, 2.05) is 50.2 Å². The van der Waals surface area contributed by atoms with Crippen molar-refractivity contribution in [1.29, 1.82) is 0 Å². The van der Waals surface area contributed by atoms with Crippen molar-refractivity contribution < 1.29 is 19.4 Å². The first kappa shape index (κ1) is 25.1. The fraction of sp³-hybridized carbons (Fsp3) is 0.333. The van der Waals surface area contributed by atoms with Gasteiger partial charge in [0.15, 0.2) is 0 Å². The van der Waals surface area contributed by atoms with Crippen LogP contribution in [0.5, 0.6) is 0 Å². The van der Waals surface area contributed by atoms with E-state index in [2.05, 4.69) is 20.6 Å². The Kier molecular flexibility index (Phi) is 6.85. The number of hydrogen-bond donors (Lipinski definition) is 3. The minimum absolute atomic E-state index is 0.117. The second-order valence-corrected chi connectivity index (χ2v) is 10.2. The third-order valence-corrected chi connectivity index (χ3v) is 6.83. The molecule has 5 rings (SSSR count). The number of amides is 2. The zero-order chi connectivity index (χ0) is 26.2. The summed E-state index contributed by atoms with van der Waals surface area (Å²) in [6.45, 7) is 5.06. The number of benzene rings is 2. The molecule has 1 atom stereocenters. The predicted octanol–water partition coefficient (Wildman–Crippen LogP) is 3.11. The third-order valence-electron chi connectivity index (χ3n) is 6.56. The normalized spacial score (nSPS) is 16.6. The van der Waals surface area contributed by atoms with E-state index < -0.39 is 6.04 Å². The van der Waals surface area contributed by atoms with Gasteiger partial charge in [-0.1, -0.05) is 53.6 Å². The minimum atomic E-state index is -0.546. The van der Waals surface area contributed by atoms with Crippen LogP contribution in [0.3, 0.4) is 0 Å². The number of ether oxygens (including phenoxy) is 1. The quantitative estimate of drug-likeness (QED) is 0.417. The van der Waals surface area contributed by atoms with Gasteiger partial charge in [0.05, 0.1) is 48.3 Å². The van der Waals surface area contributed by atoms with Gasteiger partial charge in [-0.15, -0.1) is 0 Å². The maximum absolute atomic E-state index is 13.2. The molecular formula is C27H28ClN5O4. The van der Waals surface area contributed by atoms with Crippen molar-refractivity contribution in [2.75, 3.05) is 31.7 Å². The van der Waals surface area contributed by atoms with E-state index in [9.17, 15) is 14.7 Å². The highest BCUT2D eigenvalue weighted by Crippen LogP contribution is 2.32. The van der Waals surface area contributed by atoms with Crippen LogP contribution in [0.1, 0.15) is 40.0 Å². The highest BCUT2D eigenvalue weighted by molar-refractivity contribution is 6.33. The summed E-state index contributed by atoms with van der Waals surface area (Å²) >= 11 is 6.41. The molecule has 3 heterocycles. The second kappa shape index (κ2) is 10.1. The maximum atomic E-state index is 13.2. The molecule has 1 saturated heterocycles. The van der Waals surface area contributed by atoms with Crippen LogP contribution in [0.25, 0.3) is 11.3 Å². The lowest BCUT2D eigenvalue weighted by Gasteiger charge is -2.38. The van der Waals surface area contributed by atoms with Gasteiger partial charge in [0.1, 0.15) is 6.54 Å². The van der Waals surface area contributed by atoms with E-state index in [1.54, 1.807) is 6.07 Å². The van der Waals surface area contributed by atoms with Gasteiger partial charge >= 0.3 is 0 Å². The van der Waals surface area contributed by atoms with E-state index >= 15 is 0 Å². The highest BCUT2D eigenvalue weighted by atomic mass is 35.5. The molecule has 37 heavy (non-hydrogen) atoms. The molecule has 0 bridgehead atoms. The second-order valence-electron chi connectivity index (χ2n) is 9.82. The molecule has 2 aromatic carbocycles. The van der Waals surface area contributed by atoms with Crippen LogP contribution in [0.15, 0.2) is 48.7 Å². The Bertz CT molecular complexity index is 1360. The summed E-state index contributed by atoms with van der Waals surface area (Å²) in [7, 11) is 0. The van der Waals surface area contributed by atoms with E-state index in [4.69, 9.17) is 16.3 Å². The van der Waals surface area contributed by atoms with Crippen molar-refractivity contribution in [3.8, 4) is 11.3 Å². The average molecular weight is 522 g/mol. The number of halogens is 1. The Morgan fingerprint density at radius 1 is 1.27 bits per heavy atom. The molecule has 1 aromatic heterocycles. The standard InChI is InChI=1S/C27H28ClN5O4/c1-16-4-3-5-17(8-16)22(13-34)30-23(35)12-33-11-19-7-6-18(9-20(19)25(33)36)24-21(28)10-29-26(31-24)32-27(2)14-37-15-27/h3-10,22,34H,11-15H2,1-2H3,(H,30,35)(H,29,31,32)/t22-/m1/s1. The predicted molar refractivity (Wildman–Crippen MR) is 139 cm³/mol. The van der Waals surface area contributed by atoms with Crippen LogP contribution in [0, 0.1) is 6.92 Å². The van der Waals surface area contributed by atoms with Crippen LogP contribution in [0.4, 0.5) is 5.95 Å². The Morgan fingerprint density at radius 3 is 2.78 bits per heavy atom. The molecule has 2 amide bonds. The molecule has 0 aliphatic carbocycles. The molecule has 10 heteroatoms. The number of aryl methyl sites for hydroxylation is 1. The molecular weight excluding hydrogens is 494 g/mol. The van der Waals surface area contributed by atoms with Crippen molar-refractivity contribution in [3.05, 3.63) is 75.9 Å². The van der Waals surface area contributed by atoms with Gasteiger partial charge in [0, 0.05) is 17.7 Å². The summed E-state index contributed by atoms with van der Waals surface area (Å²) in [4.78, 5) is 36.3. The monoisotopic (exact) mass is 521 g/mol. The lowest BCUT2D eigenvalue weighted by atomic mass is 10.0. The van der Waals surface area contributed by atoms with Crippen molar-refractivity contribution in [2.24, 2.45) is 0 Å². The largest absolute Gasteiger partial charge is 0.394 e. The lowest BCUT2D eigenvalue weighted by molar-refractivity contribution is -0.122. The molecule has 2 aliphatic heterocycles. The number of hydrogen-bond acceptors (Lipinski definition) is 7. The van der Waals surface area contributed by atoms with Crippen LogP contribution in [-0.2, 0) is 16.1 Å². The molecule has 0 unspecified atom stereocenters. The van der Waals surface area contributed by atoms with Crippen molar-refractivity contribution in [3.63, 3.8) is 0 Å². The van der Waals surface area contributed by atoms with Crippen LogP contribution in [0.2, 0.25) is 5.02 Å². The smallest absolute Gasteiger partial charge is 0.254 e. The van der Waals surface area contributed by atoms with E-state index in [1.165, 1.54) is 11.1 Å². The van der Waals surface area contributed by atoms with Crippen molar-refractivity contribution in [2.45, 2.75) is 32.0 Å². The first-order chi connectivity index (χ1) is 17.7. The molecule has 1 fully saturated rings. The first-order valence-electron chi connectivity index (χ1n) is 12.0. The third kappa shape index (κ3) is 5.29. The number of nitrogens with zero attached hydrogens (tertiary/aromatic N) is 3. The number of aliphatic hydroxyl groups is 1. The summed E-state index contributed by atoms with van der Waals surface area (Å²) in [5.74, 6) is -0.155. The fourth-order valence-electron chi connectivity index (χ4n) is 4.55. The Labute approximate surface area is 219 Å². The van der Waals surface area contributed by atoms with E-state index in [0.717, 1.165) is 16.7 Å². The van der Waals surface area contributed by atoms with Crippen LogP contribution in [-0.4, -0.2) is 63.7 Å². The number of carbonyl (C=O) groups excluding carboxylic acids is 2. The van der Waals surface area contributed by atoms with Gasteiger partial charge in [-0.05, 0) is 31.0 Å². The number of carbonyl (C=O) groups is 2. The van der Waals surface area contributed by atoms with Crippen molar-refractivity contribution >= 4 is 29.4 Å². The summed E-state index contributed by atoms with van der Waals surface area (Å²) < 4.78 is 5.28. The van der Waals surface area contributed by atoms with E-state index in [-0.39, 0.29) is 30.5 Å².